The highest BCUT2D eigenvalue weighted by Crippen LogP contribution is 2.22. The third-order valence-electron chi connectivity index (χ3n) is 4.20. The van der Waals surface area contributed by atoms with Crippen LogP contribution in [-0.2, 0) is 16.1 Å². The zero-order valence-corrected chi connectivity index (χ0v) is 12.1. The number of amides is 2. The van der Waals surface area contributed by atoms with Crippen LogP contribution in [0.25, 0.3) is 0 Å². The second-order valence-corrected chi connectivity index (χ2v) is 5.76. The normalized spacial score (nSPS) is 19.2. The fourth-order valence-electron chi connectivity index (χ4n) is 3.12. The first-order valence-corrected chi connectivity index (χ1v) is 7.62. The van der Waals surface area contributed by atoms with Gasteiger partial charge in [-0.2, -0.15) is 0 Å². The highest BCUT2D eigenvalue weighted by atomic mass is 16.2. The Kier molecular flexibility index (Phi) is 4.20. The molecule has 1 heterocycles. The number of carbonyl (C=O) groups excluding carboxylic acids is 2. The highest BCUT2D eigenvalue weighted by Gasteiger charge is 2.25. The molecule has 21 heavy (non-hydrogen) atoms. The molecule has 2 amide bonds. The van der Waals surface area contributed by atoms with E-state index in [2.05, 4.69) is 10.6 Å². The van der Waals surface area contributed by atoms with Crippen LogP contribution in [0, 0.1) is 0 Å². The second-order valence-electron chi connectivity index (χ2n) is 5.76. The van der Waals surface area contributed by atoms with Crippen LogP contribution >= 0.6 is 0 Å². The monoisotopic (exact) mass is 287 g/mol. The Bertz CT molecular complexity index is 538. The molecular weight excluding hydrogens is 266 g/mol. The minimum atomic E-state index is -0.0630. The maximum Gasteiger partial charge on any atom is 0.241 e. The van der Waals surface area contributed by atoms with Crippen molar-refractivity contribution >= 4 is 17.5 Å². The lowest BCUT2D eigenvalue weighted by Crippen LogP contribution is -2.45. The summed E-state index contributed by atoms with van der Waals surface area (Å²) >= 11 is 0. The lowest BCUT2D eigenvalue weighted by atomic mass is 10.1. The summed E-state index contributed by atoms with van der Waals surface area (Å²) in [5.41, 5.74) is 1.89. The van der Waals surface area contributed by atoms with Gasteiger partial charge in [0.1, 0.15) is 6.54 Å². The molecule has 5 nitrogen and oxygen atoms in total. The lowest BCUT2D eigenvalue weighted by molar-refractivity contribution is -0.123. The number of hydrogen-bond donors (Lipinski definition) is 2. The van der Waals surface area contributed by atoms with Crippen molar-refractivity contribution in [1.29, 1.82) is 0 Å². The lowest BCUT2D eigenvalue weighted by Gasteiger charge is -2.23. The van der Waals surface area contributed by atoms with Gasteiger partial charge in [-0.3, -0.25) is 9.59 Å². The van der Waals surface area contributed by atoms with E-state index in [0.717, 1.165) is 24.1 Å². The van der Waals surface area contributed by atoms with E-state index >= 15 is 0 Å². The van der Waals surface area contributed by atoms with E-state index in [9.17, 15) is 9.59 Å². The van der Waals surface area contributed by atoms with Crippen LogP contribution in [0.5, 0.6) is 0 Å². The Balaban J connectivity index is 1.73. The summed E-state index contributed by atoms with van der Waals surface area (Å²) in [4.78, 5) is 26.0. The maximum atomic E-state index is 12.2. The summed E-state index contributed by atoms with van der Waals surface area (Å²) in [6, 6.07) is 8.03. The van der Waals surface area contributed by atoms with E-state index in [1.165, 1.54) is 12.8 Å². The summed E-state index contributed by atoms with van der Waals surface area (Å²) in [5, 5.41) is 6.15. The van der Waals surface area contributed by atoms with Gasteiger partial charge in [0.25, 0.3) is 0 Å². The zero-order valence-electron chi connectivity index (χ0n) is 12.1. The van der Waals surface area contributed by atoms with Gasteiger partial charge < -0.3 is 15.5 Å². The van der Waals surface area contributed by atoms with E-state index in [-0.39, 0.29) is 30.9 Å². The summed E-state index contributed by atoms with van der Waals surface area (Å²) in [7, 11) is 0. The Hall–Kier alpha value is -1.88. The molecule has 0 radical (unpaired) electrons. The molecule has 3 rings (SSSR count). The van der Waals surface area contributed by atoms with E-state index in [0.29, 0.717) is 6.54 Å². The van der Waals surface area contributed by atoms with Gasteiger partial charge in [-0.15, -0.1) is 0 Å². The molecule has 1 aromatic carbocycles. The van der Waals surface area contributed by atoms with Crippen molar-refractivity contribution in [3.05, 3.63) is 29.8 Å². The summed E-state index contributed by atoms with van der Waals surface area (Å²) < 4.78 is 0. The Morgan fingerprint density at radius 1 is 1.24 bits per heavy atom. The largest absolute Gasteiger partial charge is 0.352 e. The number of benzene rings is 1. The standard InChI is InChI=1S/C16H21N3O2/c20-15(18-13-6-2-3-7-13)11-19-14-8-4-1-5-12(14)9-17-10-16(19)21/h1,4-5,8,13,17H,2-3,6-7,9-11H2,(H,18,20). The number of nitrogens with one attached hydrogen (secondary N) is 2. The van der Waals surface area contributed by atoms with Crippen LogP contribution in [0.15, 0.2) is 24.3 Å². The molecule has 2 N–H and O–H groups in total. The molecule has 0 unspecified atom stereocenters. The van der Waals surface area contributed by atoms with Crippen molar-refractivity contribution in [3.63, 3.8) is 0 Å². The fraction of sp³-hybridized carbons (Fsp3) is 0.500. The minimum absolute atomic E-state index is 0.0541. The number of nitrogens with zero attached hydrogens (tertiary/aromatic N) is 1. The molecule has 0 aromatic heterocycles. The van der Waals surface area contributed by atoms with Crippen molar-refractivity contribution in [2.45, 2.75) is 38.3 Å². The van der Waals surface area contributed by atoms with E-state index in [1.54, 1.807) is 4.90 Å². The highest BCUT2D eigenvalue weighted by molar-refractivity contribution is 6.00. The van der Waals surface area contributed by atoms with E-state index in [4.69, 9.17) is 0 Å². The van der Waals surface area contributed by atoms with Crippen LogP contribution in [-0.4, -0.2) is 30.9 Å². The average molecular weight is 287 g/mol. The molecule has 2 aliphatic rings. The van der Waals surface area contributed by atoms with Gasteiger partial charge in [-0.25, -0.2) is 0 Å². The maximum absolute atomic E-state index is 12.2. The van der Waals surface area contributed by atoms with Gasteiger partial charge >= 0.3 is 0 Å². The Labute approximate surface area is 124 Å². The van der Waals surface area contributed by atoms with Crippen molar-refractivity contribution in [2.24, 2.45) is 0 Å². The smallest absolute Gasteiger partial charge is 0.241 e. The van der Waals surface area contributed by atoms with E-state index in [1.807, 2.05) is 24.3 Å². The first-order valence-electron chi connectivity index (χ1n) is 7.62. The van der Waals surface area contributed by atoms with Crippen molar-refractivity contribution in [1.82, 2.24) is 10.6 Å². The van der Waals surface area contributed by atoms with Crippen LogP contribution in [0.2, 0.25) is 0 Å². The van der Waals surface area contributed by atoms with E-state index < -0.39 is 0 Å². The Morgan fingerprint density at radius 3 is 2.81 bits per heavy atom. The first-order chi connectivity index (χ1) is 10.2. The molecule has 0 atom stereocenters. The summed E-state index contributed by atoms with van der Waals surface area (Å²) in [6.45, 7) is 1.03. The molecule has 0 spiro atoms. The molecular formula is C16H21N3O2. The van der Waals surface area contributed by atoms with Gasteiger partial charge in [0.15, 0.2) is 0 Å². The zero-order chi connectivity index (χ0) is 14.7. The molecule has 1 saturated carbocycles. The van der Waals surface area contributed by atoms with Crippen molar-refractivity contribution in [3.8, 4) is 0 Å². The summed E-state index contributed by atoms with van der Waals surface area (Å²) in [5.74, 6) is -0.117. The molecule has 1 aromatic rings. The van der Waals surface area contributed by atoms with Gasteiger partial charge in [-0.05, 0) is 24.5 Å². The van der Waals surface area contributed by atoms with Crippen LogP contribution in [0.3, 0.4) is 0 Å². The van der Waals surface area contributed by atoms with Gasteiger partial charge in [-0.1, -0.05) is 31.0 Å². The quantitative estimate of drug-likeness (QED) is 0.877. The van der Waals surface area contributed by atoms with Crippen molar-refractivity contribution < 1.29 is 9.59 Å². The number of fused-ring (bicyclic) bond motifs is 1. The van der Waals surface area contributed by atoms with Crippen LogP contribution in [0.4, 0.5) is 5.69 Å². The number of carbonyl (C=O) groups is 2. The molecule has 1 aliphatic heterocycles. The second kappa shape index (κ2) is 6.26. The Morgan fingerprint density at radius 2 is 2.00 bits per heavy atom. The number of rotatable bonds is 3. The molecule has 112 valence electrons. The third kappa shape index (κ3) is 3.24. The van der Waals surface area contributed by atoms with Gasteiger partial charge in [0.05, 0.1) is 6.54 Å². The summed E-state index contributed by atoms with van der Waals surface area (Å²) in [6.07, 6.45) is 4.47. The molecule has 0 bridgehead atoms. The van der Waals surface area contributed by atoms with Gasteiger partial charge in [0.2, 0.25) is 11.8 Å². The topological polar surface area (TPSA) is 61.4 Å². The average Bonchev–Trinajstić information content (AvgIpc) is 2.92. The fourth-order valence-corrected chi connectivity index (χ4v) is 3.12. The molecule has 1 fully saturated rings. The number of anilines is 1. The van der Waals surface area contributed by atoms with Crippen LogP contribution in [0.1, 0.15) is 31.2 Å². The number of hydrogen-bond acceptors (Lipinski definition) is 3. The SMILES string of the molecule is O=C(CN1C(=O)CNCc2ccccc21)NC1CCCC1. The predicted octanol–water partition coefficient (Wildman–Crippen LogP) is 1.18. The third-order valence-corrected chi connectivity index (χ3v) is 4.20. The minimum Gasteiger partial charge on any atom is -0.352 e. The first kappa shape index (κ1) is 14.1. The van der Waals surface area contributed by atoms with Crippen molar-refractivity contribution in [2.75, 3.05) is 18.0 Å². The molecule has 1 aliphatic carbocycles. The predicted molar refractivity (Wildman–Crippen MR) is 80.9 cm³/mol. The number of para-hydroxylation sites is 1. The van der Waals surface area contributed by atoms with Gasteiger partial charge in [0, 0.05) is 18.3 Å². The molecule has 5 heteroatoms. The molecule has 0 saturated heterocycles. The van der Waals surface area contributed by atoms with Crippen LogP contribution < -0.4 is 15.5 Å².